The largest absolute Gasteiger partial charge is 0.457 e. The van der Waals surface area contributed by atoms with Crippen molar-refractivity contribution in [2.45, 2.75) is 13.0 Å². The first kappa shape index (κ1) is 16.8. The molecule has 6 heteroatoms. The van der Waals surface area contributed by atoms with E-state index in [1.54, 1.807) is 18.2 Å². The van der Waals surface area contributed by atoms with Gasteiger partial charge in [-0.15, -0.1) is 10.2 Å². The van der Waals surface area contributed by atoms with Crippen molar-refractivity contribution in [2.24, 2.45) is 0 Å². The van der Waals surface area contributed by atoms with Gasteiger partial charge in [0.1, 0.15) is 11.5 Å². The van der Waals surface area contributed by atoms with E-state index in [2.05, 4.69) is 15.5 Å². The first-order chi connectivity index (χ1) is 13.2. The predicted octanol–water partition coefficient (Wildman–Crippen LogP) is 4.01. The molecule has 27 heavy (non-hydrogen) atoms. The van der Waals surface area contributed by atoms with Crippen LogP contribution in [0.3, 0.4) is 0 Å². The van der Waals surface area contributed by atoms with Gasteiger partial charge in [0.05, 0.1) is 6.04 Å². The zero-order valence-corrected chi connectivity index (χ0v) is 14.7. The molecule has 1 unspecified atom stereocenters. The van der Waals surface area contributed by atoms with Crippen LogP contribution in [-0.4, -0.2) is 20.5 Å². The van der Waals surface area contributed by atoms with Gasteiger partial charge in [-0.3, -0.25) is 9.20 Å². The lowest BCUT2D eigenvalue weighted by molar-refractivity contribution is 0.0938. The quantitative estimate of drug-likeness (QED) is 0.585. The lowest BCUT2D eigenvalue weighted by Gasteiger charge is -2.13. The van der Waals surface area contributed by atoms with Gasteiger partial charge in [-0.1, -0.05) is 30.3 Å². The third-order valence-electron chi connectivity index (χ3n) is 4.15. The molecule has 4 rings (SSSR count). The van der Waals surface area contributed by atoms with Crippen LogP contribution < -0.4 is 10.1 Å². The van der Waals surface area contributed by atoms with Gasteiger partial charge in [0.2, 0.25) is 0 Å². The number of amides is 1. The van der Waals surface area contributed by atoms with Crippen molar-refractivity contribution in [3.63, 3.8) is 0 Å². The van der Waals surface area contributed by atoms with E-state index in [-0.39, 0.29) is 11.9 Å². The van der Waals surface area contributed by atoms with E-state index in [4.69, 9.17) is 4.74 Å². The summed E-state index contributed by atoms with van der Waals surface area (Å²) in [7, 11) is 0. The first-order valence-electron chi connectivity index (χ1n) is 8.64. The zero-order valence-electron chi connectivity index (χ0n) is 14.7. The summed E-state index contributed by atoms with van der Waals surface area (Å²) in [5.74, 6) is 1.80. The first-order valence-corrected chi connectivity index (χ1v) is 8.64. The van der Waals surface area contributed by atoms with E-state index in [1.807, 2.05) is 72.1 Å². The summed E-state index contributed by atoms with van der Waals surface area (Å²) in [4.78, 5) is 12.7. The van der Waals surface area contributed by atoms with Crippen molar-refractivity contribution in [3.05, 3.63) is 90.4 Å². The Kier molecular flexibility index (Phi) is 4.53. The molecule has 0 aliphatic heterocycles. The minimum atomic E-state index is -0.298. The summed E-state index contributed by atoms with van der Waals surface area (Å²) in [6, 6.07) is 21.9. The Morgan fingerprint density at radius 1 is 0.963 bits per heavy atom. The van der Waals surface area contributed by atoms with Gasteiger partial charge in [-0.25, -0.2) is 0 Å². The van der Waals surface area contributed by atoms with Gasteiger partial charge >= 0.3 is 0 Å². The highest BCUT2D eigenvalue weighted by Crippen LogP contribution is 2.22. The topological polar surface area (TPSA) is 68.5 Å². The molecule has 1 N–H and O–H groups in total. The molecule has 0 radical (unpaired) electrons. The predicted molar refractivity (Wildman–Crippen MR) is 102 cm³/mol. The highest BCUT2D eigenvalue weighted by Gasteiger charge is 2.17. The number of ether oxygens (including phenoxy) is 1. The fraction of sp³-hybridized carbons (Fsp3) is 0.0952. The van der Waals surface area contributed by atoms with Gasteiger partial charge in [0.25, 0.3) is 5.91 Å². The summed E-state index contributed by atoms with van der Waals surface area (Å²) in [5, 5.41) is 11.3. The van der Waals surface area contributed by atoms with Gasteiger partial charge in [0.15, 0.2) is 11.5 Å². The lowest BCUT2D eigenvalue weighted by Crippen LogP contribution is -2.28. The normalized spacial score (nSPS) is 11.9. The molecule has 0 saturated heterocycles. The molecule has 134 valence electrons. The third-order valence-corrected chi connectivity index (χ3v) is 4.15. The molecular formula is C21H18N4O2. The minimum absolute atomic E-state index is 0.200. The SMILES string of the molecule is CC(NC(=O)c1cccc(Oc2ccccc2)c1)c1nnc2ccccn12. The monoisotopic (exact) mass is 358 g/mol. The fourth-order valence-electron chi connectivity index (χ4n) is 2.83. The summed E-state index contributed by atoms with van der Waals surface area (Å²) >= 11 is 0. The number of carbonyl (C=O) groups is 1. The van der Waals surface area contributed by atoms with E-state index >= 15 is 0 Å². The summed E-state index contributed by atoms with van der Waals surface area (Å²) in [6.45, 7) is 1.88. The highest BCUT2D eigenvalue weighted by atomic mass is 16.5. The standard InChI is InChI=1S/C21H18N4O2/c1-15(20-24-23-19-12-5-6-13-25(19)20)22-21(26)16-8-7-11-18(14-16)27-17-9-3-2-4-10-17/h2-15H,1H3,(H,22,26). The van der Waals surface area contributed by atoms with Gasteiger partial charge in [-0.2, -0.15) is 0 Å². The number of para-hydroxylation sites is 1. The van der Waals surface area contributed by atoms with Crippen LogP contribution in [0.1, 0.15) is 29.1 Å². The second kappa shape index (κ2) is 7.29. The molecule has 0 saturated carbocycles. The molecular weight excluding hydrogens is 340 g/mol. The number of aromatic nitrogens is 3. The lowest BCUT2D eigenvalue weighted by atomic mass is 10.2. The molecule has 1 atom stereocenters. The Balaban J connectivity index is 1.50. The molecule has 2 aromatic carbocycles. The number of rotatable bonds is 5. The van der Waals surface area contributed by atoms with E-state index in [9.17, 15) is 4.79 Å². The summed E-state index contributed by atoms with van der Waals surface area (Å²) < 4.78 is 7.66. The minimum Gasteiger partial charge on any atom is -0.457 e. The van der Waals surface area contributed by atoms with Crippen LogP contribution >= 0.6 is 0 Å². The average molecular weight is 358 g/mol. The molecule has 0 spiro atoms. The zero-order chi connectivity index (χ0) is 18.6. The molecule has 6 nitrogen and oxygen atoms in total. The van der Waals surface area contributed by atoms with Crippen LogP contribution in [0.2, 0.25) is 0 Å². The van der Waals surface area contributed by atoms with Gasteiger partial charge < -0.3 is 10.1 Å². The molecule has 0 fully saturated rings. The molecule has 2 heterocycles. The van der Waals surface area contributed by atoms with E-state index in [0.717, 1.165) is 11.4 Å². The second-order valence-corrected chi connectivity index (χ2v) is 6.13. The molecule has 2 aromatic heterocycles. The number of pyridine rings is 1. The third kappa shape index (κ3) is 3.64. The molecule has 0 bridgehead atoms. The van der Waals surface area contributed by atoms with Crippen LogP contribution in [0, 0.1) is 0 Å². The highest BCUT2D eigenvalue weighted by molar-refractivity contribution is 5.94. The number of carbonyl (C=O) groups excluding carboxylic acids is 1. The number of nitrogens with one attached hydrogen (secondary N) is 1. The van der Waals surface area contributed by atoms with Crippen LogP contribution in [0.15, 0.2) is 79.0 Å². The average Bonchev–Trinajstić information content (AvgIpc) is 3.13. The summed E-state index contributed by atoms with van der Waals surface area (Å²) in [5.41, 5.74) is 1.26. The number of hydrogen-bond donors (Lipinski definition) is 1. The molecule has 4 aromatic rings. The van der Waals surface area contributed by atoms with Gasteiger partial charge in [-0.05, 0) is 49.4 Å². The number of fused-ring (bicyclic) bond motifs is 1. The number of benzene rings is 2. The van der Waals surface area contributed by atoms with Crippen molar-refractivity contribution >= 4 is 11.6 Å². The van der Waals surface area contributed by atoms with E-state index < -0.39 is 0 Å². The second-order valence-electron chi connectivity index (χ2n) is 6.13. The maximum absolute atomic E-state index is 12.7. The van der Waals surface area contributed by atoms with Crippen LogP contribution in [0.4, 0.5) is 0 Å². The maximum Gasteiger partial charge on any atom is 0.251 e. The van der Waals surface area contributed by atoms with Crippen molar-refractivity contribution in [1.29, 1.82) is 0 Å². The summed E-state index contributed by atoms with van der Waals surface area (Å²) in [6.07, 6.45) is 1.88. The van der Waals surface area contributed by atoms with Crippen LogP contribution in [0.25, 0.3) is 5.65 Å². The van der Waals surface area contributed by atoms with E-state index in [0.29, 0.717) is 17.1 Å². The molecule has 1 amide bonds. The Hall–Kier alpha value is -3.67. The Labute approximate surface area is 156 Å². The maximum atomic E-state index is 12.7. The molecule has 0 aliphatic carbocycles. The van der Waals surface area contributed by atoms with Crippen LogP contribution in [0.5, 0.6) is 11.5 Å². The molecule has 0 aliphatic rings. The van der Waals surface area contributed by atoms with Crippen molar-refractivity contribution < 1.29 is 9.53 Å². The van der Waals surface area contributed by atoms with Crippen molar-refractivity contribution in [2.75, 3.05) is 0 Å². The van der Waals surface area contributed by atoms with Gasteiger partial charge in [0, 0.05) is 11.8 Å². The fourth-order valence-corrected chi connectivity index (χ4v) is 2.83. The Morgan fingerprint density at radius 2 is 1.74 bits per heavy atom. The van der Waals surface area contributed by atoms with Crippen molar-refractivity contribution in [1.82, 2.24) is 19.9 Å². The number of nitrogens with zero attached hydrogens (tertiary/aromatic N) is 3. The number of hydrogen-bond acceptors (Lipinski definition) is 4. The van der Waals surface area contributed by atoms with Crippen LogP contribution in [-0.2, 0) is 0 Å². The Bertz CT molecular complexity index is 1080. The van der Waals surface area contributed by atoms with E-state index in [1.165, 1.54) is 0 Å². The van der Waals surface area contributed by atoms with Crippen molar-refractivity contribution in [3.8, 4) is 11.5 Å². The Morgan fingerprint density at radius 3 is 2.59 bits per heavy atom. The smallest absolute Gasteiger partial charge is 0.251 e.